The van der Waals surface area contributed by atoms with Crippen LogP contribution in [0.1, 0.15) is 45.4 Å². The van der Waals surface area contributed by atoms with Gasteiger partial charge in [0, 0.05) is 58.3 Å². The molecular weight excluding hydrogens is 633 g/mol. The number of nitrogens with one attached hydrogen (secondary N) is 4. The highest BCUT2D eigenvalue weighted by Crippen LogP contribution is 2.29. The van der Waals surface area contributed by atoms with Crippen molar-refractivity contribution >= 4 is 42.7 Å². The molecule has 9 N–H and O–H groups in total. The molecule has 272 valence electrons. The standard InChI is InChI=1S/C29H52BN7O11/c1-20(29(46)37-10-2-3-23(37)30(47)48)34-28(45)22-6-4-21(5-7-22)15-33-24(38)16-31-8-11-35(18-26(41)42)13-14-36(19-27(43)44)12-9-32-17-25(39)40/h20-23,31-32,47-48H,2-19H2,1H3,(H,33,38)(H,34,45)(H,39,40)(H,41,42)(H,43,44)/t20-,21?,22?,23+/m1/s1. The molecule has 18 nitrogen and oxygen atoms in total. The molecule has 1 aliphatic carbocycles. The second-order valence-corrected chi connectivity index (χ2v) is 12.5. The summed E-state index contributed by atoms with van der Waals surface area (Å²) < 4.78 is 0. The number of aliphatic carboxylic acids is 3. The van der Waals surface area contributed by atoms with Crippen LogP contribution in [0.2, 0.25) is 0 Å². The maximum absolute atomic E-state index is 12.8. The van der Waals surface area contributed by atoms with Crippen LogP contribution < -0.4 is 21.3 Å². The third-order valence-electron chi connectivity index (χ3n) is 8.68. The van der Waals surface area contributed by atoms with E-state index in [-0.39, 0.29) is 81.9 Å². The van der Waals surface area contributed by atoms with Crippen molar-refractivity contribution in [1.82, 2.24) is 36.0 Å². The summed E-state index contributed by atoms with van der Waals surface area (Å²) in [7, 11) is -1.62. The average Bonchev–Trinajstić information content (AvgIpc) is 3.52. The van der Waals surface area contributed by atoms with Gasteiger partial charge >= 0.3 is 25.0 Å². The summed E-state index contributed by atoms with van der Waals surface area (Å²) in [6.45, 7) is 3.36. The van der Waals surface area contributed by atoms with Gasteiger partial charge in [-0.15, -0.1) is 0 Å². The molecule has 1 saturated carbocycles. The van der Waals surface area contributed by atoms with E-state index in [1.54, 1.807) is 16.7 Å². The lowest BCUT2D eigenvalue weighted by Crippen LogP contribution is -2.53. The van der Waals surface area contributed by atoms with E-state index in [1.165, 1.54) is 4.90 Å². The smallest absolute Gasteiger partial charge is 0.475 e. The second-order valence-electron chi connectivity index (χ2n) is 12.5. The zero-order chi connectivity index (χ0) is 35.6. The Labute approximate surface area is 280 Å². The summed E-state index contributed by atoms with van der Waals surface area (Å²) in [6.07, 6.45) is 3.88. The Bertz CT molecular complexity index is 1080. The summed E-state index contributed by atoms with van der Waals surface area (Å²) in [5, 5.41) is 57.6. The van der Waals surface area contributed by atoms with Crippen LogP contribution in [0, 0.1) is 11.8 Å². The van der Waals surface area contributed by atoms with Crippen molar-refractivity contribution in [3.8, 4) is 0 Å². The molecule has 0 unspecified atom stereocenters. The summed E-state index contributed by atoms with van der Waals surface area (Å²) in [5.41, 5.74) is 0. The number of likely N-dealkylation sites (tertiary alicyclic amines) is 1. The van der Waals surface area contributed by atoms with E-state index < -0.39 is 37.0 Å². The van der Waals surface area contributed by atoms with Gasteiger partial charge in [0.25, 0.3) is 0 Å². The zero-order valence-electron chi connectivity index (χ0n) is 27.6. The largest absolute Gasteiger partial charge is 0.480 e. The number of carbonyl (C=O) groups is 6. The van der Waals surface area contributed by atoms with Gasteiger partial charge in [0.05, 0.1) is 32.1 Å². The third-order valence-corrected chi connectivity index (χ3v) is 8.68. The first-order chi connectivity index (χ1) is 22.8. The third kappa shape index (κ3) is 15.7. The molecule has 1 saturated heterocycles. The van der Waals surface area contributed by atoms with E-state index in [0.717, 1.165) is 12.8 Å². The van der Waals surface area contributed by atoms with Crippen LogP contribution in [-0.4, -0.2) is 173 Å². The fourth-order valence-electron chi connectivity index (χ4n) is 6.04. The van der Waals surface area contributed by atoms with E-state index in [1.807, 2.05) is 0 Å². The topological polar surface area (TPSA) is 261 Å². The molecule has 0 radical (unpaired) electrons. The molecule has 2 aliphatic rings. The second kappa shape index (κ2) is 21.6. The highest BCUT2D eigenvalue weighted by atomic mass is 16.4. The van der Waals surface area contributed by atoms with Crippen LogP contribution in [0.25, 0.3) is 0 Å². The molecule has 0 aromatic heterocycles. The highest BCUT2D eigenvalue weighted by Gasteiger charge is 2.39. The van der Waals surface area contributed by atoms with Crippen LogP contribution in [0.3, 0.4) is 0 Å². The summed E-state index contributed by atoms with van der Waals surface area (Å²) in [5.74, 6) is -4.59. The maximum Gasteiger partial charge on any atom is 0.475 e. The number of amides is 3. The number of carbonyl (C=O) groups excluding carboxylic acids is 3. The fourth-order valence-corrected chi connectivity index (χ4v) is 6.04. The zero-order valence-corrected chi connectivity index (χ0v) is 27.6. The molecule has 1 aliphatic heterocycles. The van der Waals surface area contributed by atoms with Gasteiger partial charge in [-0.2, -0.15) is 0 Å². The summed E-state index contributed by atoms with van der Waals surface area (Å²) >= 11 is 0. The van der Waals surface area contributed by atoms with Gasteiger partial charge in [-0.05, 0) is 51.4 Å². The van der Waals surface area contributed by atoms with Gasteiger partial charge in [0.15, 0.2) is 0 Å². The Hall–Kier alpha value is -3.36. The lowest BCUT2D eigenvalue weighted by atomic mass is 9.77. The molecule has 2 atom stereocenters. The van der Waals surface area contributed by atoms with Crippen molar-refractivity contribution in [2.24, 2.45) is 11.8 Å². The molecule has 19 heteroatoms. The Kier molecular flexibility index (Phi) is 18.4. The number of hydrogen-bond donors (Lipinski definition) is 9. The Morgan fingerprint density at radius 3 is 1.88 bits per heavy atom. The number of hydrogen-bond acceptors (Lipinski definition) is 12. The minimum atomic E-state index is -1.62. The monoisotopic (exact) mass is 685 g/mol. The van der Waals surface area contributed by atoms with E-state index in [0.29, 0.717) is 51.9 Å². The molecule has 0 aromatic rings. The summed E-state index contributed by atoms with van der Waals surface area (Å²) in [6, 6.07) is -0.774. The van der Waals surface area contributed by atoms with Crippen LogP contribution in [0.15, 0.2) is 0 Å². The predicted octanol–water partition coefficient (Wildman–Crippen LogP) is -3.55. The van der Waals surface area contributed by atoms with Crippen molar-refractivity contribution < 1.29 is 54.1 Å². The highest BCUT2D eigenvalue weighted by molar-refractivity contribution is 6.43. The van der Waals surface area contributed by atoms with E-state index in [4.69, 9.17) is 10.2 Å². The van der Waals surface area contributed by atoms with Crippen molar-refractivity contribution in [1.29, 1.82) is 0 Å². The van der Waals surface area contributed by atoms with Gasteiger partial charge in [0.2, 0.25) is 17.7 Å². The van der Waals surface area contributed by atoms with E-state index >= 15 is 0 Å². The normalized spacial score (nSPS) is 20.0. The van der Waals surface area contributed by atoms with Crippen molar-refractivity contribution in [2.45, 2.75) is 57.4 Å². The number of nitrogens with zero attached hydrogens (tertiary/aromatic N) is 3. The van der Waals surface area contributed by atoms with Gasteiger partial charge in [-0.25, -0.2) is 0 Å². The molecule has 0 aromatic carbocycles. The van der Waals surface area contributed by atoms with Gasteiger partial charge in [-0.3, -0.25) is 38.6 Å². The lowest BCUT2D eigenvalue weighted by molar-refractivity contribution is -0.140. The SMILES string of the molecule is C[C@@H](NC(=O)C1CCC(CNC(=O)CNCCN(CCN(CCNCC(=O)O)CC(=O)O)CC(=O)O)CC1)C(=O)N1CCC[C@H]1B(O)O. The first-order valence-electron chi connectivity index (χ1n) is 16.5. The predicted molar refractivity (Wildman–Crippen MR) is 173 cm³/mol. The molecule has 2 fully saturated rings. The van der Waals surface area contributed by atoms with Gasteiger partial charge in [-0.1, -0.05) is 0 Å². The molecule has 48 heavy (non-hydrogen) atoms. The molecule has 0 spiro atoms. The number of carboxylic acids is 3. The molecule has 2 rings (SSSR count). The molecule has 3 amide bonds. The van der Waals surface area contributed by atoms with Crippen LogP contribution in [0.4, 0.5) is 0 Å². The molecule has 1 heterocycles. The number of carboxylic acid groups (broad SMARTS) is 3. The van der Waals surface area contributed by atoms with Gasteiger partial charge < -0.3 is 51.5 Å². The maximum atomic E-state index is 12.8. The Morgan fingerprint density at radius 1 is 0.792 bits per heavy atom. The molecule has 0 bridgehead atoms. The average molecular weight is 686 g/mol. The quantitative estimate of drug-likeness (QED) is 0.0373. The first kappa shape index (κ1) is 40.8. The van der Waals surface area contributed by atoms with Crippen molar-refractivity contribution in [3.63, 3.8) is 0 Å². The number of rotatable bonds is 23. The Morgan fingerprint density at radius 2 is 1.35 bits per heavy atom. The Balaban J connectivity index is 1.65. The van der Waals surface area contributed by atoms with E-state index in [2.05, 4.69) is 21.3 Å². The summed E-state index contributed by atoms with van der Waals surface area (Å²) in [4.78, 5) is 75.8. The van der Waals surface area contributed by atoms with E-state index in [9.17, 15) is 43.9 Å². The lowest BCUT2D eigenvalue weighted by Gasteiger charge is -2.30. The van der Waals surface area contributed by atoms with Gasteiger partial charge in [0.1, 0.15) is 6.04 Å². The molecular formula is C29H52BN7O11. The van der Waals surface area contributed by atoms with Crippen molar-refractivity contribution in [3.05, 3.63) is 0 Å². The van der Waals surface area contributed by atoms with Crippen molar-refractivity contribution in [2.75, 3.05) is 78.5 Å². The fraction of sp³-hybridized carbons (Fsp3) is 0.793. The minimum absolute atomic E-state index is 0.0240. The first-order valence-corrected chi connectivity index (χ1v) is 16.5. The van der Waals surface area contributed by atoms with Crippen LogP contribution in [0.5, 0.6) is 0 Å². The van der Waals surface area contributed by atoms with Crippen LogP contribution >= 0.6 is 0 Å². The minimum Gasteiger partial charge on any atom is -0.480 e. The van der Waals surface area contributed by atoms with Crippen LogP contribution in [-0.2, 0) is 28.8 Å².